The van der Waals surface area contributed by atoms with E-state index < -0.39 is 0 Å². The summed E-state index contributed by atoms with van der Waals surface area (Å²) >= 11 is 11.5. The van der Waals surface area contributed by atoms with Crippen molar-refractivity contribution < 1.29 is 0 Å². The lowest BCUT2D eigenvalue weighted by molar-refractivity contribution is 1.26. The van der Waals surface area contributed by atoms with Gasteiger partial charge < -0.3 is 4.98 Å². The maximum Gasteiger partial charge on any atom is 0.179 e. The standard InChI is InChI=1S/C11H6Cl2N4/c12-8-3-1-6(5-14-8)10-15-7-2-4-9(13)16-11(7)17-10/h1-5H,(H,15,16,17). The largest absolute Gasteiger partial charge is 0.337 e. The van der Waals surface area contributed by atoms with E-state index in [0.29, 0.717) is 21.8 Å². The first-order valence-corrected chi connectivity index (χ1v) is 5.62. The molecule has 0 aromatic carbocycles. The van der Waals surface area contributed by atoms with Gasteiger partial charge in [0.25, 0.3) is 0 Å². The van der Waals surface area contributed by atoms with Crippen LogP contribution in [0.3, 0.4) is 0 Å². The van der Waals surface area contributed by atoms with E-state index in [9.17, 15) is 0 Å². The van der Waals surface area contributed by atoms with Crippen LogP contribution in [0.25, 0.3) is 22.6 Å². The Morgan fingerprint density at radius 2 is 1.76 bits per heavy atom. The van der Waals surface area contributed by atoms with E-state index in [1.165, 1.54) is 0 Å². The molecule has 3 heterocycles. The van der Waals surface area contributed by atoms with Crippen LogP contribution in [0.1, 0.15) is 0 Å². The highest BCUT2D eigenvalue weighted by Crippen LogP contribution is 2.20. The number of hydrogen-bond acceptors (Lipinski definition) is 3. The maximum atomic E-state index is 5.80. The summed E-state index contributed by atoms with van der Waals surface area (Å²) in [6, 6.07) is 7.11. The first kappa shape index (κ1) is 10.5. The van der Waals surface area contributed by atoms with Crippen molar-refractivity contribution in [3.63, 3.8) is 0 Å². The van der Waals surface area contributed by atoms with Gasteiger partial charge >= 0.3 is 0 Å². The molecule has 0 fully saturated rings. The van der Waals surface area contributed by atoms with Gasteiger partial charge in [0.05, 0.1) is 5.52 Å². The number of fused-ring (bicyclic) bond motifs is 1. The number of H-pyrrole nitrogens is 1. The SMILES string of the molecule is Clc1ccc(-c2nc3nc(Cl)ccc3[nH]2)cn1. The Morgan fingerprint density at radius 3 is 2.53 bits per heavy atom. The number of halogens is 2. The fourth-order valence-electron chi connectivity index (χ4n) is 1.52. The molecule has 3 aromatic rings. The molecule has 0 atom stereocenters. The van der Waals surface area contributed by atoms with Crippen LogP contribution in [0.15, 0.2) is 30.5 Å². The van der Waals surface area contributed by atoms with Crippen LogP contribution in [0.5, 0.6) is 0 Å². The third-order valence-corrected chi connectivity index (χ3v) is 2.75. The van der Waals surface area contributed by atoms with Crippen molar-refractivity contribution in [1.82, 2.24) is 19.9 Å². The van der Waals surface area contributed by atoms with E-state index in [1.54, 1.807) is 18.3 Å². The van der Waals surface area contributed by atoms with Crippen molar-refractivity contribution in [2.24, 2.45) is 0 Å². The molecular weight excluding hydrogens is 259 g/mol. The van der Waals surface area contributed by atoms with Gasteiger partial charge in [-0.1, -0.05) is 23.2 Å². The van der Waals surface area contributed by atoms with Gasteiger partial charge in [-0.15, -0.1) is 0 Å². The molecule has 0 aliphatic carbocycles. The number of pyridine rings is 2. The molecule has 3 rings (SSSR count). The van der Waals surface area contributed by atoms with Crippen molar-refractivity contribution in [2.75, 3.05) is 0 Å². The van der Waals surface area contributed by atoms with E-state index in [4.69, 9.17) is 23.2 Å². The molecule has 0 aliphatic heterocycles. The van der Waals surface area contributed by atoms with E-state index in [2.05, 4.69) is 19.9 Å². The van der Waals surface area contributed by atoms with Crippen LogP contribution >= 0.6 is 23.2 Å². The molecule has 1 N–H and O–H groups in total. The second-order valence-corrected chi connectivity index (χ2v) is 4.23. The van der Waals surface area contributed by atoms with Crippen molar-refractivity contribution in [3.8, 4) is 11.4 Å². The summed E-state index contributed by atoms with van der Waals surface area (Å²) in [5.74, 6) is 0.693. The lowest BCUT2D eigenvalue weighted by atomic mass is 10.3. The predicted molar refractivity (Wildman–Crippen MR) is 67.1 cm³/mol. The average molecular weight is 265 g/mol. The number of aromatic nitrogens is 4. The first-order chi connectivity index (χ1) is 8.22. The smallest absolute Gasteiger partial charge is 0.179 e. The van der Waals surface area contributed by atoms with Crippen LogP contribution in [-0.2, 0) is 0 Å². The van der Waals surface area contributed by atoms with Gasteiger partial charge in [0, 0.05) is 11.8 Å². The lowest BCUT2D eigenvalue weighted by Crippen LogP contribution is -1.82. The van der Waals surface area contributed by atoms with E-state index in [-0.39, 0.29) is 0 Å². The second kappa shape index (κ2) is 3.98. The molecule has 17 heavy (non-hydrogen) atoms. The van der Waals surface area contributed by atoms with Gasteiger partial charge in [-0.25, -0.2) is 15.0 Å². The van der Waals surface area contributed by atoms with Crippen LogP contribution in [0, 0.1) is 0 Å². The predicted octanol–water partition coefficient (Wildman–Crippen LogP) is 3.33. The summed E-state index contributed by atoms with van der Waals surface area (Å²) in [7, 11) is 0. The Bertz CT molecular complexity index is 676. The number of nitrogens with one attached hydrogen (secondary N) is 1. The Hall–Kier alpha value is -1.65. The number of imidazole rings is 1. The van der Waals surface area contributed by atoms with Crippen molar-refractivity contribution in [2.45, 2.75) is 0 Å². The van der Waals surface area contributed by atoms with Crippen LogP contribution in [0.4, 0.5) is 0 Å². The normalized spacial score (nSPS) is 10.9. The van der Waals surface area contributed by atoms with Gasteiger partial charge in [0.15, 0.2) is 5.65 Å². The average Bonchev–Trinajstić information content (AvgIpc) is 2.72. The monoisotopic (exact) mass is 264 g/mol. The van der Waals surface area contributed by atoms with Gasteiger partial charge in [0.2, 0.25) is 0 Å². The van der Waals surface area contributed by atoms with Gasteiger partial charge in [-0.05, 0) is 24.3 Å². The van der Waals surface area contributed by atoms with E-state index in [1.807, 2.05) is 12.1 Å². The molecular formula is C11H6Cl2N4. The van der Waals surface area contributed by atoms with Crippen molar-refractivity contribution in [1.29, 1.82) is 0 Å². The number of aromatic amines is 1. The third-order valence-electron chi connectivity index (χ3n) is 2.31. The molecule has 0 saturated carbocycles. The summed E-state index contributed by atoms with van der Waals surface area (Å²) in [4.78, 5) is 15.6. The number of hydrogen-bond donors (Lipinski definition) is 1. The molecule has 0 amide bonds. The summed E-state index contributed by atoms with van der Waals surface area (Å²) in [5.41, 5.74) is 2.27. The maximum absolute atomic E-state index is 5.80. The minimum absolute atomic E-state index is 0.421. The molecule has 3 aromatic heterocycles. The van der Waals surface area contributed by atoms with E-state index >= 15 is 0 Å². The third kappa shape index (κ3) is 1.97. The Kier molecular flexibility index (Phi) is 2.46. The van der Waals surface area contributed by atoms with Crippen LogP contribution < -0.4 is 0 Å². The van der Waals surface area contributed by atoms with Crippen molar-refractivity contribution >= 4 is 34.4 Å². The van der Waals surface area contributed by atoms with E-state index in [0.717, 1.165) is 11.1 Å². The molecule has 0 radical (unpaired) electrons. The van der Waals surface area contributed by atoms with Crippen LogP contribution in [-0.4, -0.2) is 19.9 Å². The Labute approximate surface area is 107 Å². The molecule has 6 heteroatoms. The summed E-state index contributed by atoms with van der Waals surface area (Å²) in [6.07, 6.45) is 1.65. The molecule has 0 unspecified atom stereocenters. The molecule has 0 spiro atoms. The Morgan fingerprint density at radius 1 is 0.941 bits per heavy atom. The number of rotatable bonds is 1. The van der Waals surface area contributed by atoms with Crippen molar-refractivity contribution in [3.05, 3.63) is 40.8 Å². The zero-order chi connectivity index (χ0) is 11.8. The fraction of sp³-hybridized carbons (Fsp3) is 0. The fourth-order valence-corrected chi connectivity index (χ4v) is 1.78. The number of nitrogens with zero attached hydrogens (tertiary/aromatic N) is 3. The first-order valence-electron chi connectivity index (χ1n) is 4.86. The topological polar surface area (TPSA) is 54.5 Å². The zero-order valence-electron chi connectivity index (χ0n) is 8.48. The van der Waals surface area contributed by atoms with Gasteiger partial charge in [-0.2, -0.15) is 0 Å². The summed E-state index contributed by atoms with van der Waals surface area (Å²) in [6.45, 7) is 0. The van der Waals surface area contributed by atoms with Gasteiger partial charge in [0.1, 0.15) is 16.1 Å². The zero-order valence-corrected chi connectivity index (χ0v) is 10.00. The minimum atomic E-state index is 0.421. The quantitative estimate of drug-likeness (QED) is 0.686. The van der Waals surface area contributed by atoms with Crippen LogP contribution in [0.2, 0.25) is 10.3 Å². The lowest BCUT2D eigenvalue weighted by Gasteiger charge is -1.94. The molecule has 84 valence electrons. The highest BCUT2D eigenvalue weighted by Gasteiger charge is 2.06. The highest BCUT2D eigenvalue weighted by atomic mass is 35.5. The Balaban J connectivity index is 2.14. The molecule has 0 aliphatic rings. The van der Waals surface area contributed by atoms with Gasteiger partial charge in [-0.3, -0.25) is 0 Å². The molecule has 4 nitrogen and oxygen atoms in total. The summed E-state index contributed by atoms with van der Waals surface area (Å²) in [5, 5.41) is 0.871. The molecule has 0 saturated heterocycles. The molecule has 0 bridgehead atoms. The minimum Gasteiger partial charge on any atom is -0.337 e. The summed E-state index contributed by atoms with van der Waals surface area (Å²) < 4.78 is 0. The highest BCUT2D eigenvalue weighted by molar-refractivity contribution is 6.29. The second-order valence-electron chi connectivity index (χ2n) is 3.46.